The molecule has 2 unspecified atom stereocenters. The summed E-state index contributed by atoms with van der Waals surface area (Å²) in [6.07, 6.45) is 6.09. The molecule has 0 aliphatic heterocycles. The molecule has 0 amide bonds. The summed E-state index contributed by atoms with van der Waals surface area (Å²) in [5.74, 6) is 1.69. The Hall–Kier alpha value is -1.27. The van der Waals surface area contributed by atoms with Crippen molar-refractivity contribution in [3.05, 3.63) is 16.8 Å². The molecule has 0 radical (unpaired) electrons. The summed E-state index contributed by atoms with van der Waals surface area (Å²) in [6.45, 7) is 0. The molecular weight excluding hydrogens is 260 g/mol. The number of rotatable bonds is 3. The fourth-order valence-corrected chi connectivity index (χ4v) is 3.29. The predicted molar refractivity (Wildman–Crippen MR) is 74.1 cm³/mol. The molecule has 1 saturated carbocycles. The molecule has 6 heteroatoms. The van der Waals surface area contributed by atoms with Crippen LogP contribution in [0.2, 0.25) is 0 Å². The van der Waals surface area contributed by atoms with Gasteiger partial charge in [-0.25, -0.2) is 4.98 Å². The minimum absolute atomic E-state index is 0.326. The van der Waals surface area contributed by atoms with Crippen molar-refractivity contribution in [3.63, 3.8) is 0 Å². The number of nitrogens with zero attached hydrogens (tertiary/aromatic N) is 3. The second-order valence-electron chi connectivity index (χ2n) is 4.97. The van der Waals surface area contributed by atoms with Crippen molar-refractivity contribution in [2.45, 2.75) is 44.1 Å². The molecule has 0 bridgehead atoms. The Bertz CT molecular complexity index is 510. The largest absolute Gasteiger partial charge is 0.339 e. The Morgan fingerprint density at radius 1 is 1.32 bits per heavy atom. The molecule has 2 heterocycles. The summed E-state index contributed by atoms with van der Waals surface area (Å²) in [5.41, 5.74) is 2.59. The van der Waals surface area contributed by atoms with Gasteiger partial charge in [0.05, 0.1) is 11.4 Å². The predicted octanol–water partition coefficient (Wildman–Crippen LogP) is 2.83. The molecule has 0 aromatic carbocycles. The third kappa shape index (κ3) is 2.69. The van der Waals surface area contributed by atoms with Crippen LogP contribution in [-0.4, -0.2) is 28.2 Å². The first kappa shape index (κ1) is 12.7. The van der Waals surface area contributed by atoms with Crippen LogP contribution in [0.1, 0.15) is 43.9 Å². The smallest absolute Gasteiger partial charge is 0.231 e. The zero-order valence-electron chi connectivity index (χ0n) is 11.0. The Morgan fingerprint density at radius 2 is 2.21 bits per heavy atom. The molecule has 0 spiro atoms. The van der Waals surface area contributed by atoms with E-state index in [2.05, 4.69) is 20.4 Å². The second-order valence-corrected chi connectivity index (χ2v) is 5.69. The van der Waals surface area contributed by atoms with Crippen LogP contribution in [-0.2, 0) is 0 Å². The third-order valence-electron chi connectivity index (χ3n) is 3.81. The molecule has 1 N–H and O–H groups in total. The lowest BCUT2D eigenvalue weighted by Crippen LogP contribution is -2.31. The zero-order valence-corrected chi connectivity index (χ0v) is 11.8. The maximum absolute atomic E-state index is 5.48. The lowest BCUT2D eigenvalue weighted by molar-refractivity contribution is 0.311. The van der Waals surface area contributed by atoms with E-state index in [9.17, 15) is 0 Å². The Morgan fingerprint density at radius 3 is 3.00 bits per heavy atom. The van der Waals surface area contributed by atoms with Gasteiger partial charge in [0, 0.05) is 11.4 Å². The van der Waals surface area contributed by atoms with E-state index < -0.39 is 0 Å². The summed E-state index contributed by atoms with van der Waals surface area (Å²) in [4.78, 5) is 8.76. The van der Waals surface area contributed by atoms with Gasteiger partial charge in [-0.15, -0.1) is 11.3 Å². The number of thiazole rings is 1. The monoisotopic (exact) mass is 278 g/mol. The summed E-state index contributed by atoms with van der Waals surface area (Å²) >= 11 is 1.54. The van der Waals surface area contributed by atoms with Crippen LogP contribution >= 0.6 is 11.3 Å². The topological polar surface area (TPSA) is 63.8 Å². The lowest BCUT2D eigenvalue weighted by Gasteiger charge is -2.20. The van der Waals surface area contributed by atoms with E-state index in [0.29, 0.717) is 17.8 Å². The molecule has 2 aromatic rings. The minimum Gasteiger partial charge on any atom is -0.339 e. The van der Waals surface area contributed by atoms with Gasteiger partial charge in [0.1, 0.15) is 5.69 Å². The van der Waals surface area contributed by atoms with E-state index in [-0.39, 0.29) is 0 Å². The van der Waals surface area contributed by atoms with Crippen LogP contribution < -0.4 is 5.32 Å². The molecule has 5 nitrogen and oxygen atoms in total. The average Bonchev–Trinajstić information content (AvgIpc) is 3.05. The number of nitrogens with one attached hydrogen (secondary N) is 1. The van der Waals surface area contributed by atoms with Gasteiger partial charge >= 0.3 is 0 Å². The SMILES string of the molecule is CNC1CCCCCC1c1nc(-c2cscn2)no1. The van der Waals surface area contributed by atoms with Gasteiger partial charge in [-0.2, -0.15) is 4.98 Å². The van der Waals surface area contributed by atoms with E-state index in [1.165, 1.54) is 25.7 Å². The molecule has 19 heavy (non-hydrogen) atoms. The van der Waals surface area contributed by atoms with Crippen LogP contribution in [0.15, 0.2) is 15.4 Å². The van der Waals surface area contributed by atoms with Gasteiger partial charge in [-0.05, 0) is 19.9 Å². The summed E-state index contributed by atoms with van der Waals surface area (Å²) in [5, 5.41) is 9.40. The summed E-state index contributed by atoms with van der Waals surface area (Å²) in [7, 11) is 2.01. The standard InChI is InChI=1S/C13H18N4OS/c1-14-10-6-4-2-3-5-9(10)13-16-12(17-18-13)11-7-19-8-15-11/h7-10,14H,2-6H2,1H3. The molecule has 1 aliphatic carbocycles. The lowest BCUT2D eigenvalue weighted by atomic mass is 9.95. The maximum atomic E-state index is 5.48. The van der Waals surface area contributed by atoms with Crippen LogP contribution in [0, 0.1) is 0 Å². The van der Waals surface area contributed by atoms with Crippen molar-refractivity contribution in [3.8, 4) is 11.5 Å². The van der Waals surface area contributed by atoms with E-state index in [0.717, 1.165) is 18.0 Å². The first-order valence-corrected chi connectivity index (χ1v) is 7.72. The summed E-state index contributed by atoms with van der Waals surface area (Å²) < 4.78 is 5.48. The molecule has 0 saturated heterocycles. The Labute approximate surface area is 116 Å². The van der Waals surface area contributed by atoms with E-state index in [4.69, 9.17) is 4.52 Å². The second kappa shape index (κ2) is 5.79. The highest BCUT2D eigenvalue weighted by atomic mass is 32.1. The molecule has 3 rings (SSSR count). The average molecular weight is 278 g/mol. The van der Waals surface area contributed by atoms with Gasteiger partial charge < -0.3 is 9.84 Å². The number of hydrogen-bond donors (Lipinski definition) is 1. The van der Waals surface area contributed by atoms with Crippen molar-refractivity contribution in [2.75, 3.05) is 7.05 Å². The fraction of sp³-hybridized carbons (Fsp3) is 0.615. The highest BCUT2D eigenvalue weighted by Crippen LogP contribution is 2.31. The summed E-state index contributed by atoms with van der Waals surface area (Å²) in [6, 6.07) is 0.436. The Balaban J connectivity index is 1.84. The molecular formula is C13H18N4OS. The third-order valence-corrected chi connectivity index (χ3v) is 4.39. The molecule has 2 atom stereocenters. The van der Waals surface area contributed by atoms with Crippen molar-refractivity contribution in [1.82, 2.24) is 20.4 Å². The first-order chi connectivity index (χ1) is 9.38. The highest BCUT2D eigenvalue weighted by Gasteiger charge is 2.29. The van der Waals surface area contributed by atoms with Crippen LogP contribution in [0.5, 0.6) is 0 Å². The fourth-order valence-electron chi connectivity index (χ4n) is 2.76. The van der Waals surface area contributed by atoms with Crippen molar-refractivity contribution >= 4 is 11.3 Å². The Kier molecular flexibility index (Phi) is 3.89. The van der Waals surface area contributed by atoms with Crippen LogP contribution in [0.25, 0.3) is 11.5 Å². The number of aromatic nitrogens is 3. The number of likely N-dealkylation sites (N-methyl/N-ethyl adjacent to an activating group) is 1. The van der Waals surface area contributed by atoms with E-state index in [1.807, 2.05) is 12.4 Å². The van der Waals surface area contributed by atoms with Crippen molar-refractivity contribution in [2.24, 2.45) is 0 Å². The quantitative estimate of drug-likeness (QED) is 0.875. The van der Waals surface area contributed by atoms with Gasteiger partial charge in [0.15, 0.2) is 0 Å². The van der Waals surface area contributed by atoms with Crippen LogP contribution in [0.4, 0.5) is 0 Å². The normalized spacial score (nSPS) is 24.3. The highest BCUT2D eigenvalue weighted by molar-refractivity contribution is 7.07. The van der Waals surface area contributed by atoms with E-state index >= 15 is 0 Å². The molecule has 2 aromatic heterocycles. The number of hydrogen-bond acceptors (Lipinski definition) is 6. The van der Waals surface area contributed by atoms with Gasteiger partial charge in [-0.3, -0.25) is 0 Å². The van der Waals surface area contributed by atoms with Gasteiger partial charge in [0.25, 0.3) is 0 Å². The molecule has 102 valence electrons. The first-order valence-electron chi connectivity index (χ1n) is 6.78. The zero-order chi connectivity index (χ0) is 13.1. The van der Waals surface area contributed by atoms with Crippen molar-refractivity contribution < 1.29 is 4.52 Å². The van der Waals surface area contributed by atoms with Gasteiger partial charge in [0.2, 0.25) is 11.7 Å². The maximum Gasteiger partial charge on any atom is 0.231 e. The minimum atomic E-state index is 0.326. The van der Waals surface area contributed by atoms with Gasteiger partial charge in [-0.1, -0.05) is 24.4 Å². The van der Waals surface area contributed by atoms with Crippen molar-refractivity contribution in [1.29, 1.82) is 0 Å². The molecule has 1 aliphatic rings. The van der Waals surface area contributed by atoms with Crippen LogP contribution in [0.3, 0.4) is 0 Å². The van der Waals surface area contributed by atoms with E-state index in [1.54, 1.807) is 16.8 Å². The molecule has 1 fully saturated rings.